The quantitative estimate of drug-likeness (QED) is 0.758. The Hall–Kier alpha value is -0.620. The number of carbonyl (C=O) groups excluding carboxylic acids is 1. The highest BCUT2D eigenvalue weighted by Crippen LogP contribution is 2.08. The largest absolute Gasteiger partial charge is 0.342 e. The van der Waals surface area contributed by atoms with Crippen LogP contribution in [0.5, 0.6) is 0 Å². The molecule has 6 heteroatoms. The first-order valence-corrected chi connectivity index (χ1v) is 8.13. The molecule has 0 aliphatic carbocycles. The third-order valence-corrected chi connectivity index (χ3v) is 3.97. The first-order chi connectivity index (χ1) is 7.88. The zero-order chi connectivity index (χ0) is 12.9. The Balaban J connectivity index is 2.27. The molecule has 1 aliphatic heterocycles. The Kier molecular flexibility index (Phi) is 5.39. The number of amides is 1. The maximum Gasteiger partial charge on any atom is 0.236 e. The van der Waals surface area contributed by atoms with Crippen LogP contribution >= 0.6 is 0 Å². The lowest BCUT2D eigenvalue weighted by atomic mass is 10.1. The van der Waals surface area contributed by atoms with Gasteiger partial charge in [-0.2, -0.15) is 0 Å². The molecule has 0 saturated carbocycles. The number of hydrogen-bond donors (Lipinski definition) is 1. The summed E-state index contributed by atoms with van der Waals surface area (Å²) < 4.78 is 22.1. The summed E-state index contributed by atoms with van der Waals surface area (Å²) in [6.45, 7) is 3.68. The minimum atomic E-state index is -2.98. The monoisotopic (exact) mass is 262 g/mol. The summed E-state index contributed by atoms with van der Waals surface area (Å²) in [5.41, 5.74) is 0. The van der Waals surface area contributed by atoms with Gasteiger partial charge < -0.3 is 10.2 Å². The molecule has 1 heterocycles. The van der Waals surface area contributed by atoms with E-state index >= 15 is 0 Å². The molecule has 1 atom stereocenters. The molecule has 17 heavy (non-hydrogen) atoms. The summed E-state index contributed by atoms with van der Waals surface area (Å²) in [4.78, 5) is 13.6. The SMILES string of the molecule is CC(CS(C)(=O)=O)NCC(=O)N1CCCCC1. The molecule has 0 aromatic rings. The van der Waals surface area contributed by atoms with Crippen LogP contribution in [0.1, 0.15) is 26.2 Å². The zero-order valence-corrected chi connectivity index (χ0v) is 11.4. The molecule has 0 radical (unpaired) electrons. The molecule has 1 unspecified atom stereocenters. The predicted molar refractivity (Wildman–Crippen MR) is 67.6 cm³/mol. The average molecular weight is 262 g/mol. The molecule has 1 N–H and O–H groups in total. The van der Waals surface area contributed by atoms with E-state index in [0.29, 0.717) is 0 Å². The molecule has 0 bridgehead atoms. The second kappa shape index (κ2) is 6.35. The summed E-state index contributed by atoms with van der Waals surface area (Å²) in [5.74, 6) is 0.144. The number of rotatable bonds is 5. The first-order valence-electron chi connectivity index (χ1n) is 6.07. The number of carbonyl (C=O) groups is 1. The van der Waals surface area contributed by atoms with Crippen LogP contribution in [0.15, 0.2) is 0 Å². The minimum absolute atomic E-state index is 0.0697. The Morgan fingerprint density at radius 2 is 1.88 bits per heavy atom. The van der Waals surface area contributed by atoms with Gasteiger partial charge in [-0.3, -0.25) is 4.79 Å². The van der Waals surface area contributed by atoms with E-state index in [2.05, 4.69) is 5.32 Å². The Bertz CT molecular complexity index is 348. The van der Waals surface area contributed by atoms with Gasteiger partial charge in [0.1, 0.15) is 9.84 Å². The van der Waals surface area contributed by atoms with Gasteiger partial charge in [0.25, 0.3) is 0 Å². The number of hydrogen-bond acceptors (Lipinski definition) is 4. The van der Waals surface area contributed by atoms with Crippen molar-refractivity contribution in [1.29, 1.82) is 0 Å². The highest BCUT2D eigenvalue weighted by atomic mass is 32.2. The van der Waals surface area contributed by atoms with Crippen molar-refractivity contribution in [1.82, 2.24) is 10.2 Å². The average Bonchev–Trinajstić information content (AvgIpc) is 2.25. The number of nitrogens with one attached hydrogen (secondary N) is 1. The fraction of sp³-hybridized carbons (Fsp3) is 0.909. The normalized spacial score (nSPS) is 19.1. The number of piperidine rings is 1. The van der Waals surface area contributed by atoms with Gasteiger partial charge in [-0.1, -0.05) is 0 Å². The second-order valence-electron chi connectivity index (χ2n) is 4.82. The van der Waals surface area contributed by atoms with Gasteiger partial charge in [-0.05, 0) is 26.2 Å². The first kappa shape index (κ1) is 14.4. The van der Waals surface area contributed by atoms with Crippen LogP contribution in [-0.4, -0.2) is 56.9 Å². The summed E-state index contributed by atoms with van der Waals surface area (Å²) in [7, 11) is -2.98. The summed E-state index contributed by atoms with van der Waals surface area (Å²) >= 11 is 0. The van der Waals surface area contributed by atoms with E-state index in [0.717, 1.165) is 25.9 Å². The van der Waals surface area contributed by atoms with E-state index in [9.17, 15) is 13.2 Å². The molecule has 1 aliphatic rings. The van der Waals surface area contributed by atoms with Crippen molar-refractivity contribution in [2.24, 2.45) is 0 Å². The van der Waals surface area contributed by atoms with E-state index in [1.807, 2.05) is 4.90 Å². The van der Waals surface area contributed by atoms with Crippen LogP contribution in [0.2, 0.25) is 0 Å². The van der Waals surface area contributed by atoms with E-state index in [1.165, 1.54) is 12.7 Å². The molecule has 100 valence electrons. The highest BCUT2D eigenvalue weighted by Gasteiger charge is 2.17. The van der Waals surface area contributed by atoms with E-state index < -0.39 is 9.84 Å². The Morgan fingerprint density at radius 1 is 1.29 bits per heavy atom. The van der Waals surface area contributed by atoms with Crippen molar-refractivity contribution in [3.05, 3.63) is 0 Å². The molecule has 0 aromatic carbocycles. The van der Waals surface area contributed by atoms with Gasteiger partial charge in [0.05, 0.1) is 12.3 Å². The summed E-state index contributed by atoms with van der Waals surface area (Å²) in [6, 6.07) is -0.182. The number of nitrogens with zero attached hydrogens (tertiary/aromatic N) is 1. The van der Waals surface area contributed by atoms with Gasteiger partial charge in [0.15, 0.2) is 0 Å². The van der Waals surface area contributed by atoms with Crippen molar-refractivity contribution in [3.63, 3.8) is 0 Å². The van der Waals surface area contributed by atoms with E-state index in [4.69, 9.17) is 0 Å². The second-order valence-corrected chi connectivity index (χ2v) is 7.00. The van der Waals surface area contributed by atoms with Crippen LogP contribution in [0.25, 0.3) is 0 Å². The van der Waals surface area contributed by atoms with Crippen molar-refractivity contribution in [3.8, 4) is 0 Å². The van der Waals surface area contributed by atoms with Crippen molar-refractivity contribution >= 4 is 15.7 Å². The molecule has 0 aromatic heterocycles. The van der Waals surface area contributed by atoms with Gasteiger partial charge in [0.2, 0.25) is 5.91 Å². The summed E-state index contributed by atoms with van der Waals surface area (Å²) in [6.07, 6.45) is 4.55. The van der Waals surface area contributed by atoms with Gasteiger partial charge in [-0.15, -0.1) is 0 Å². The topological polar surface area (TPSA) is 66.5 Å². The molecule has 1 rings (SSSR count). The fourth-order valence-electron chi connectivity index (χ4n) is 2.03. The van der Waals surface area contributed by atoms with Crippen LogP contribution in [0.3, 0.4) is 0 Å². The van der Waals surface area contributed by atoms with Gasteiger partial charge in [-0.25, -0.2) is 8.42 Å². The fourth-order valence-corrected chi connectivity index (χ4v) is 3.06. The van der Waals surface area contributed by atoms with E-state index in [-0.39, 0.29) is 24.2 Å². The third kappa shape index (κ3) is 6.02. The highest BCUT2D eigenvalue weighted by molar-refractivity contribution is 7.90. The lowest BCUT2D eigenvalue weighted by Gasteiger charge is -2.27. The molecule has 1 saturated heterocycles. The van der Waals surface area contributed by atoms with Crippen molar-refractivity contribution < 1.29 is 13.2 Å². The molecule has 1 fully saturated rings. The minimum Gasteiger partial charge on any atom is -0.342 e. The maximum atomic E-state index is 11.8. The zero-order valence-electron chi connectivity index (χ0n) is 10.6. The molecule has 5 nitrogen and oxygen atoms in total. The van der Waals surface area contributed by atoms with Gasteiger partial charge >= 0.3 is 0 Å². The van der Waals surface area contributed by atoms with E-state index in [1.54, 1.807) is 6.92 Å². The van der Waals surface area contributed by atoms with Crippen molar-refractivity contribution in [2.75, 3.05) is 31.6 Å². The maximum absolute atomic E-state index is 11.8. The lowest BCUT2D eigenvalue weighted by molar-refractivity contribution is -0.131. The van der Waals surface area contributed by atoms with Crippen LogP contribution < -0.4 is 5.32 Å². The molecular formula is C11H22N2O3S. The van der Waals surface area contributed by atoms with Crippen LogP contribution in [0, 0.1) is 0 Å². The van der Waals surface area contributed by atoms with Crippen LogP contribution in [0.4, 0.5) is 0 Å². The third-order valence-electron chi connectivity index (χ3n) is 2.86. The molecule has 0 spiro atoms. The lowest BCUT2D eigenvalue weighted by Crippen LogP contribution is -2.44. The summed E-state index contributed by atoms with van der Waals surface area (Å²) in [5, 5.41) is 2.97. The number of likely N-dealkylation sites (tertiary alicyclic amines) is 1. The van der Waals surface area contributed by atoms with Gasteiger partial charge in [0, 0.05) is 25.4 Å². The standard InChI is InChI=1S/C11H22N2O3S/c1-10(9-17(2,15)16)12-8-11(14)13-6-4-3-5-7-13/h10,12H,3-9H2,1-2H3. The number of sulfone groups is 1. The molecular weight excluding hydrogens is 240 g/mol. The smallest absolute Gasteiger partial charge is 0.236 e. The Labute approximate surface area is 103 Å². The molecule has 1 amide bonds. The predicted octanol–water partition coefficient (Wildman–Crippen LogP) is 0.0216. The van der Waals surface area contributed by atoms with Crippen molar-refractivity contribution in [2.45, 2.75) is 32.2 Å². The Morgan fingerprint density at radius 3 is 2.41 bits per heavy atom. The van der Waals surface area contributed by atoms with Crippen LogP contribution in [-0.2, 0) is 14.6 Å².